The molecular weight excluding hydrogens is 294 g/mol. The lowest BCUT2D eigenvalue weighted by molar-refractivity contribution is 0.0532. The van der Waals surface area contributed by atoms with Crippen LogP contribution in [-0.4, -0.2) is 28.8 Å². The van der Waals surface area contributed by atoms with Crippen LogP contribution in [0.4, 0.5) is 0 Å². The van der Waals surface area contributed by atoms with Crippen LogP contribution in [-0.2, 0) is 0 Å². The Balaban J connectivity index is 1.45. The number of carbonyl (C=O) groups excluding carboxylic acids is 1. The van der Waals surface area contributed by atoms with E-state index in [1.165, 1.54) is 4.90 Å². The maximum Gasteiger partial charge on any atom is 0.253 e. The third-order valence-corrected chi connectivity index (χ3v) is 5.70. The first-order valence-electron chi connectivity index (χ1n) is 7.57. The molecular formula is C18H17NO2S. The van der Waals surface area contributed by atoms with Gasteiger partial charge in [-0.25, -0.2) is 0 Å². The Morgan fingerprint density at radius 3 is 2.41 bits per heavy atom. The van der Waals surface area contributed by atoms with Gasteiger partial charge in [-0.05, 0) is 24.3 Å². The predicted octanol–water partition coefficient (Wildman–Crippen LogP) is 3.80. The van der Waals surface area contributed by atoms with E-state index in [1.54, 1.807) is 0 Å². The van der Waals surface area contributed by atoms with Gasteiger partial charge in [0.15, 0.2) is 4.93 Å². The number of fused-ring (bicyclic) bond motifs is 1. The second-order valence-corrected chi connectivity index (χ2v) is 7.11. The maximum absolute atomic E-state index is 12.5. The van der Waals surface area contributed by atoms with Gasteiger partial charge >= 0.3 is 0 Å². The average Bonchev–Trinajstić information content (AvgIpc) is 2.93. The standard InChI is InChI=1S/C18H17NO2S/c20-17(14-6-2-1-3-7-14)19-12-10-18(11-13-19)21-15-8-4-5-9-16(15)22-18/h1-9H,10-13H2. The van der Waals surface area contributed by atoms with Crippen molar-refractivity contribution < 1.29 is 9.53 Å². The van der Waals surface area contributed by atoms with Gasteiger partial charge in [0.2, 0.25) is 0 Å². The monoisotopic (exact) mass is 311 g/mol. The molecule has 0 unspecified atom stereocenters. The Bertz CT molecular complexity index is 666. The molecule has 2 aliphatic heterocycles. The minimum atomic E-state index is -0.183. The van der Waals surface area contributed by atoms with Gasteiger partial charge in [-0.15, -0.1) is 0 Å². The number of thioether (sulfide) groups is 1. The van der Waals surface area contributed by atoms with Crippen molar-refractivity contribution >= 4 is 17.7 Å². The van der Waals surface area contributed by atoms with Gasteiger partial charge in [-0.2, -0.15) is 0 Å². The van der Waals surface area contributed by atoms with E-state index in [-0.39, 0.29) is 10.8 Å². The Hall–Kier alpha value is -1.94. The van der Waals surface area contributed by atoms with Gasteiger partial charge in [0, 0.05) is 31.5 Å². The normalized spacial score (nSPS) is 18.8. The molecule has 0 aromatic heterocycles. The number of ether oxygens (including phenoxy) is 1. The highest BCUT2D eigenvalue weighted by molar-refractivity contribution is 8.00. The molecule has 0 radical (unpaired) electrons. The summed E-state index contributed by atoms with van der Waals surface area (Å²) in [5, 5.41) is 0. The number of nitrogens with zero attached hydrogens (tertiary/aromatic N) is 1. The molecule has 0 bridgehead atoms. The van der Waals surface area contributed by atoms with E-state index in [0.29, 0.717) is 0 Å². The minimum Gasteiger partial charge on any atom is -0.475 e. The van der Waals surface area contributed by atoms with E-state index in [4.69, 9.17) is 4.74 Å². The molecule has 1 fully saturated rings. The SMILES string of the molecule is O=C(c1ccccc1)N1CCC2(CC1)Oc1ccccc1S2. The summed E-state index contributed by atoms with van der Waals surface area (Å²) in [6.45, 7) is 1.49. The predicted molar refractivity (Wildman–Crippen MR) is 87.2 cm³/mol. The van der Waals surface area contributed by atoms with Crippen molar-refractivity contribution in [1.82, 2.24) is 4.90 Å². The summed E-state index contributed by atoms with van der Waals surface area (Å²) >= 11 is 1.81. The molecule has 2 aromatic rings. The van der Waals surface area contributed by atoms with Crippen molar-refractivity contribution in [2.24, 2.45) is 0 Å². The van der Waals surface area contributed by atoms with Gasteiger partial charge < -0.3 is 9.64 Å². The van der Waals surface area contributed by atoms with Gasteiger partial charge in [-0.1, -0.05) is 42.1 Å². The van der Waals surface area contributed by atoms with Crippen LogP contribution >= 0.6 is 11.8 Å². The molecule has 0 aliphatic carbocycles. The highest BCUT2D eigenvalue weighted by Crippen LogP contribution is 2.51. The van der Waals surface area contributed by atoms with Gasteiger partial charge in [0.05, 0.1) is 4.90 Å². The number of likely N-dealkylation sites (tertiary alicyclic amines) is 1. The average molecular weight is 311 g/mol. The fourth-order valence-corrected chi connectivity index (χ4v) is 4.33. The van der Waals surface area contributed by atoms with Crippen LogP contribution in [0.15, 0.2) is 59.5 Å². The number of para-hydroxylation sites is 1. The zero-order valence-corrected chi connectivity index (χ0v) is 13.0. The molecule has 1 amide bonds. The summed E-state index contributed by atoms with van der Waals surface area (Å²) in [4.78, 5) is 15.5. The lowest BCUT2D eigenvalue weighted by Crippen LogP contribution is -2.46. The third-order valence-electron chi connectivity index (χ3n) is 4.27. The van der Waals surface area contributed by atoms with Crippen LogP contribution in [0.2, 0.25) is 0 Å². The van der Waals surface area contributed by atoms with Crippen LogP contribution in [0, 0.1) is 0 Å². The summed E-state index contributed by atoms with van der Waals surface area (Å²) in [6.07, 6.45) is 1.73. The summed E-state index contributed by atoms with van der Waals surface area (Å²) in [7, 11) is 0. The van der Waals surface area contributed by atoms with Crippen molar-refractivity contribution in [2.75, 3.05) is 13.1 Å². The van der Waals surface area contributed by atoms with Crippen molar-refractivity contribution in [3.63, 3.8) is 0 Å². The number of rotatable bonds is 1. The fourth-order valence-electron chi connectivity index (χ4n) is 3.06. The summed E-state index contributed by atoms with van der Waals surface area (Å²) < 4.78 is 6.19. The maximum atomic E-state index is 12.5. The second kappa shape index (κ2) is 5.36. The van der Waals surface area contributed by atoms with E-state index >= 15 is 0 Å². The number of piperidine rings is 1. The third kappa shape index (κ3) is 2.37. The Labute approximate surface area is 134 Å². The van der Waals surface area contributed by atoms with E-state index in [2.05, 4.69) is 6.07 Å². The quantitative estimate of drug-likeness (QED) is 0.802. The van der Waals surface area contributed by atoms with E-state index in [0.717, 1.165) is 37.2 Å². The lowest BCUT2D eigenvalue weighted by Gasteiger charge is -2.37. The van der Waals surface area contributed by atoms with Crippen LogP contribution in [0.1, 0.15) is 23.2 Å². The molecule has 4 rings (SSSR count). The summed E-state index contributed by atoms with van der Waals surface area (Å²) in [5.41, 5.74) is 0.765. The van der Waals surface area contributed by atoms with Gasteiger partial charge in [-0.3, -0.25) is 4.79 Å². The molecule has 0 atom stereocenters. The zero-order valence-electron chi connectivity index (χ0n) is 12.2. The molecule has 4 heteroatoms. The fraction of sp³-hybridized carbons (Fsp3) is 0.278. The van der Waals surface area contributed by atoms with E-state index in [9.17, 15) is 4.79 Å². The molecule has 22 heavy (non-hydrogen) atoms. The first-order chi connectivity index (χ1) is 10.8. The first-order valence-corrected chi connectivity index (χ1v) is 8.39. The number of hydrogen-bond acceptors (Lipinski definition) is 3. The Kier molecular flexibility index (Phi) is 3.34. The topological polar surface area (TPSA) is 29.5 Å². The second-order valence-electron chi connectivity index (χ2n) is 5.72. The molecule has 1 spiro atoms. The number of benzene rings is 2. The van der Waals surface area contributed by atoms with Gasteiger partial charge in [0.25, 0.3) is 5.91 Å². The molecule has 0 saturated carbocycles. The first kappa shape index (κ1) is 13.7. The van der Waals surface area contributed by atoms with E-state index in [1.807, 2.05) is 65.2 Å². The highest BCUT2D eigenvalue weighted by Gasteiger charge is 2.43. The molecule has 1 saturated heterocycles. The zero-order chi connectivity index (χ0) is 15.0. The van der Waals surface area contributed by atoms with Crippen LogP contribution in [0.25, 0.3) is 0 Å². The highest BCUT2D eigenvalue weighted by atomic mass is 32.2. The number of amides is 1. The molecule has 112 valence electrons. The summed E-state index contributed by atoms with van der Waals surface area (Å²) in [6, 6.07) is 17.7. The molecule has 2 aliphatic rings. The van der Waals surface area contributed by atoms with Crippen molar-refractivity contribution in [1.29, 1.82) is 0 Å². The number of hydrogen-bond donors (Lipinski definition) is 0. The van der Waals surface area contributed by atoms with Crippen molar-refractivity contribution in [3.8, 4) is 5.75 Å². The van der Waals surface area contributed by atoms with Crippen LogP contribution < -0.4 is 4.74 Å². The van der Waals surface area contributed by atoms with Crippen molar-refractivity contribution in [3.05, 3.63) is 60.2 Å². The Morgan fingerprint density at radius 1 is 1.00 bits per heavy atom. The molecule has 0 N–H and O–H groups in total. The van der Waals surface area contributed by atoms with Crippen LogP contribution in [0.3, 0.4) is 0 Å². The molecule has 3 nitrogen and oxygen atoms in total. The lowest BCUT2D eigenvalue weighted by atomic mass is 10.1. The Morgan fingerprint density at radius 2 is 1.68 bits per heavy atom. The molecule has 2 heterocycles. The summed E-state index contributed by atoms with van der Waals surface area (Å²) in [5.74, 6) is 1.10. The van der Waals surface area contributed by atoms with Gasteiger partial charge in [0.1, 0.15) is 5.75 Å². The van der Waals surface area contributed by atoms with Crippen molar-refractivity contribution in [2.45, 2.75) is 22.7 Å². The van der Waals surface area contributed by atoms with Crippen LogP contribution in [0.5, 0.6) is 5.75 Å². The molecule has 2 aromatic carbocycles. The largest absolute Gasteiger partial charge is 0.475 e. The number of carbonyl (C=O) groups is 1. The van der Waals surface area contributed by atoms with E-state index < -0.39 is 0 Å². The smallest absolute Gasteiger partial charge is 0.253 e. The minimum absolute atomic E-state index is 0.121.